The van der Waals surface area contributed by atoms with Gasteiger partial charge in [0.2, 0.25) is 17.8 Å². The number of anilines is 6. The predicted octanol–water partition coefficient (Wildman–Crippen LogP) is 12.9. The summed E-state index contributed by atoms with van der Waals surface area (Å²) in [6.45, 7) is 12.8. The summed E-state index contributed by atoms with van der Waals surface area (Å²) in [5.41, 5.74) is 6.99. The fourth-order valence-electron chi connectivity index (χ4n) is 13.4. The zero-order valence-corrected chi connectivity index (χ0v) is 60.3. The molecule has 6 atom stereocenters. The third kappa shape index (κ3) is 22.9. The number of urea groups is 3. The van der Waals surface area contributed by atoms with Crippen molar-refractivity contribution < 1.29 is 81.7 Å². The van der Waals surface area contributed by atoms with Crippen LogP contribution in [0.5, 0.6) is 0 Å². The first-order valence-electron chi connectivity index (χ1n) is 33.8. The van der Waals surface area contributed by atoms with Gasteiger partial charge in [-0.25, -0.2) is 44.3 Å². The van der Waals surface area contributed by atoms with Gasteiger partial charge in [0.15, 0.2) is 0 Å². The van der Waals surface area contributed by atoms with Crippen molar-refractivity contribution in [2.75, 3.05) is 41.8 Å². The number of halogens is 10. The molecule has 0 aliphatic carbocycles. The molecule has 6 aromatic rings. The van der Waals surface area contributed by atoms with Gasteiger partial charge in [-0.3, -0.25) is 14.0 Å². The van der Waals surface area contributed by atoms with E-state index in [1.54, 1.807) is 111 Å². The minimum Gasteiger partial charge on any atom is -0.389 e. The molecule has 0 saturated carbocycles. The first-order chi connectivity index (χ1) is 49.0. The molecule has 6 amide bonds. The number of aromatic nitrogens is 12. The number of carbonyl (C=O) groups excluding carboxylic acids is 3. The maximum Gasteiger partial charge on any atom is 0.405 e. The van der Waals surface area contributed by atoms with Crippen molar-refractivity contribution >= 4 is 81.9 Å². The fourth-order valence-corrected chi connectivity index (χ4v) is 13.4. The lowest BCUT2D eigenvalue weighted by Crippen LogP contribution is -2.50. The number of aryl methyl sites for hydroxylation is 3. The van der Waals surface area contributed by atoms with E-state index in [4.69, 9.17) is 0 Å². The molecule has 2 unspecified atom stereocenters. The van der Waals surface area contributed by atoms with Gasteiger partial charge in [-0.15, -0.1) is 0 Å². The smallest absolute Gasteiger partial charge is 0.389 e. The number of nitrogens with zero attached hydrogens (tertiary/aromatic N) is 15. The molecule has 3 fully saturated rings. The van der Waals surface area contributed by atoms with Gasteiger partial charge in [0.25, 0.3) is 0 Å². The van der Waals surface area contributed by atoms with E-state index in [-0.39, 0.29) is 57.0 Å². The highest BCUT2D eigenvalue weighted by molar-refractivity contribution is 7.93. The van der Waals surface area contributed by atoms with E-state index in [1.807, 2.05) is 54.9 Å². The van der Waals surface area contributed by atoms with E-state index >= 15 is 0 Å². The van der Waals surface area contributed by atoms with Crippen molar-refractivity contribution in [3.05, 3.63) is 108 Å². The van der Waals surface area contributed by atoms with Gasteiger partial charge in [-0.1, -0.05) is 18.2 Å². The molecule has 584 valence electrons. The highest BCUT2D eigenvalue weighted by Crippen LogP contribution is 2.43. The maximum atomic E-state index is 12.5. The first-order valence-corrected chi connectivity index (χ1v) is 34.9. The number of alkyl halides is 9. The number of fused-ring (bicyclic) bond motifs is 6. The molecule has 38 heteroatoms. The van der Waals surface area contributed by atoms with Crippen LogP contribution in [0.1, 0.15) is 142 Å². The van der Waals surface area contributed by atoms with Gasteiger partial charge in [0, 0.05) is 82.3 Å². The Kier molecular flexibility index (Phi) is 24.9. The van der Waals surface area contributed by atoms with Crippen molar-refractivity contribution in [2.45, 2.75) is 211 Å². The SMILES string of the molecule is CSF.Cc1cnc(Nc2cnn(CC(C)(C)O)c2)nc1C1=CC2CCC(C1)N2C(=O)NCC(F)(F)F.Cc1cnc(Nc2cnn(CC(C)(C)O)c2)nc1C1=C[C@@H]2CC[C@H](C1)N2C(=O)NCC(F)(F)F.Cc1cnc(Nc2cnn(CC(C)(C)O)c2)nc1C1=C[C@H]2CC[C@@H](C1)N2C(=O)NCC(F)(F)F.[HH].[HH].[HH].[HH].[HH].[HH]. The zero-order valence-electron chi connectivity index (χ0n) is 59.5. The van der Waals surface area contributed by atoms with Crippen LogP contribution in [0.4, 0.5) is 92.7 Å². The summed E-state index contributed by atoms with van der Waals surface area (Å²) in [6.07, 6.45) is 14.8. The highest BCUT2D eigenvalue weighted by Gasteiger charge is 2.45. The van der Waals surface area contributed by atoms with E-state index < -0.39 is 73.1 Å². The van der Waals surface area contributed by atoms with Gasteiger partial charge in [-0.05, 0) is 154 Å². The van der Waals surface area contributed by atoms with E-state index in [0.29, 0.717) is 93.1 Å². The predicted molar refractivity (Wildman–Crippen MR) is 385 cm³/mol. The van der Waals surface area contributed by atoms with Crippen LogP contribution >= 0.6 is 12.1 Å². The Hall–Kier alpha value is -9.17. The Balaban J connectivity index is 0.000000412. The molecule has 6 bridgehead atoms. The van der Waals surface area contributed by atoms with Crippen LogP contribution in [0.15, 0.2) is 74.0 Å². The van der Waals surface area contributed by atoms with Gasteiger partial charge in [0.05, 0.1) is 107 Å². The molecule has 6 aliphatic rings. The van der Waals surface area contributed by atoms with Gasteiger partial charge >= 0.3 is 36.6 Å². The van der Waals surface area contributed by atoms with Crippen LogP contribution in [0.25, 0.3) is 16.7 Å². The Morgan fingerprint density at radius 3 is 0.924 bits per heavy atom. The quantitative estimate of drug-likeness (QED) is 0.0361. The van der Waals surface area contributed by atoms with E-state index in [1.165, 1.54) is 21.0 Å². The van der Waals surface area contributed by atoms with Gasteiger partial charge in [0.1, 0.15) is 19.6 Å². The second-order valence-corrected chi connectivity index (χ2v) is 28.9. The van der Waals surface area contributed by atoms with Crippen molar-refractivity contribution in [3.8, 4) is 0 Å². The highest BCUT2D eigenvalue weighted by atomic mass is 32.2. The maximum absolute atomic E-state index is 12.5. The van der Waals surface area contributed by atoms with E-state index in [0.717, 1.165) is 69.8 Å². The normalized spacial score (nSPS) is 19.9. The largest absolute Gasteiger partial charge is 0.405 e. The lowest BCUT2D eigenvalue weighted by molar-refractivity contribution is -0.124. The number of hydrogen-bond donors (Lipinski definition) is 9. The average Bonchev–Trinajstić information content (AvgIpc) is 1.68. The molecular weight excluding hydrogens is 1420 g/mol. The zero-order chi connectivity index (χ0) is 76.7. The number of amides is 6. The Bertz CT molecular complexity index is 3750. The standard InChI is InChI=1S/3C22H28F3N7O2.CH3FS.6H2/c3*1-13-8-26-19(29-15-9-28-31(10-15)12-21(2,3)34)30-18(13)14-6-16-4-5-17(7-14)32(16)20(33)27-11-22(23,24)25;1-3-2;;;;;;/h3*6,8-10,16-17,34H,4-5,7,11-12H2,1-3H3,(H,27,33)(H,26,29,30);1H3;6*1H/t2*16-,17+;;;;;;;;/m10......../s1. The first kappa shape index (κ1) is 79.9. The molecule has 12 heterocycles. The number of hydrogen-bond acceptors (Lipinski definition) is 19. The van der Waals surface area contributed by atoms with Crippen LogP contribution in [-0.4, -0.2) is 205 Å². The van der Waals surface area contributed by atoms with Crippen molar-refractivity contribution in [2.24, 2.45) is 0 Å². The number of nitrogens with one attached hydrogen (secondary N) is 6. The van der Waals surface area contributed by atoms with Crippen molar-refractivity contribution in [1.29, 1.82) is 0 Å². The average molecular weight is 1520 g/mol. The molecule has 27 nitrogen and oxygen atoms in total. The Morgan fingerprint density at radius 2 is 0.705 bits per heavy atom. The minimum atomic E-state index is -4.45. The van der Waals surface area contributed by atoms with Crippen molar-refractivity contribution in [1.82, 2.24) is 89.9 Å². The second kappa shape index (κ2) is 32.7. The van der Waals surface area contributed by atoms with Crippen LogP contribution in [-0.2, 0) is 19.6 Å². The van der Waals surface area contributed by atoms with Gasteiger partial charge in [-0.2, -0.15) is 58.7 Å². The molecule has 9 N–H and O–H groups in total. The molecule has 6 aromatic heterocycles. The molecule has 0 spiro atoms. The monoisotopic (exact) mass is 1520 g/mol. The minimum absolute atomic E-state index is 0. The van der Waals surface area contributed by atoms with E-state index in [2.05, 4.69) is 61.2 Å². The molecule has 0 aromatic carbocycles. The summed E-state index contributed by atoms with van der Waals surface area (Å²) in [5, 5.41) is 57.9. The molecule has 3 saturated heterocycles. The summed E-state index contributed by atoms with van der Waals surface area (Å²) in [5.74, 6) is 1.13. The number of rotatable bonds is 18. The molecule has 105 heavy (non-hydrogen) atoms. The molecular formula is C67H99F10N21O6S. The van der Waals surface area contributed by atoms with E-state index in [9.17, 15) is 73.1 Å². The summed E-state index contributed by atoms with van der Waals surface area (Å²) in [7, 11) is 0. The Labute approximate surface area is 612 Å². The number of carbonyl (C=O) groups is 3. The number of aliphatic hydroxyl groups is 3. The topological polar surface area (TPSA) is 325 Å². The second-order valence-electron chi connectivity index (χ2n) is 28.5. The Morgan fingerprint density at radius 1 is 0.457 bits per heavy atom. The third-order valence-electron chi connectivity index (χ3n) is 17.4. The van der Waals surface area contributed by atoms with Crippen LogP contribution < -0.4 is 31.9 Å². The van der Waals surface area contributed by atoms with Crippen LogP contribution in [0.2, 0.25) is 0 Å². The lowest BCUT2D eigenvalue weighted by Gasteiger charge is -2.34. The summed E-state index contributed by atoms with van der Waals surface area (Å²) in [6, 6.07) is -3.41. The van der Waals surface area contributed by atoms with Crippen LogP contribution in [0, 0.1) is 20.8 Å². The summed E-state index contributed by atoms with van der Waals surface area (Å²) >= 11 is 0.250. The van der Waals surface area contributed by atoms with Gasteiger partial charge < -0.3 is 61.9 Å². The fraction of sp³-hybridized carbons (Fsp3) is 0.552. The van der Waals surface area contributed by atoms with Crippen molar-refractivity contribution in [3.63, 3.8) is 0 Å². The third-order valence-corrected chi connectivity index (χ3v) is 17.4. The van der Waals surface area contributed by atoms with Crippen LogP contribution in [0.3, 0.4) is 0 Å². The molecule has 6 aliphatic heterocycles. The molecule has 12 rings (SSSR count). The summed E-state index contributed by atoms with van der Waals surface area (Å²) in [4.78, 5) is 68.7. The molecule has 0 radical (unpaired) electrons. The lowest BCUT2D eigenvalue weighted by atomic mass is 9.96. The summed E-state index contributed by atoms with van der Waals surface area (Å²) < 4.78 is 128.